The Bertz CT molecular complexity index is 1040. The molecular weight excluding hydrogens is 436 g/mol. The molecule has 0 spiro atoms. The maximum Gasteiger partial charge on any atom is 0.338 e. The van der Waals surface area contributed by atoms with Gasteiger partial charge in [-0.15, -0.1) is 0 Å². The van der Waals surface area contributed by atoms with E-state index in [1.165, 1.54) is 0 Å². The zero-order chi connectivity index (χ0) is 25.3. The molecule has 2 aromatic rings. The number of aliphatic hydroxyl groups excluding tert-OH is 1. The van der Waals surface area contributed by atoms with Crippen LogP contribution in [0.5, 0.6) is 11.5 Å². The largest absolute Gasteiger partial charge is 0.484 e. The average Bonchev–Trinajstić information content (AvgIpc) is 2.81. The summed E-state index contributed by atoms with van der Waals surface area (Å²) in [5.74, 6) is -0.0550. The van der Waals surface area contributed by atoms with E-state index in [9.17, 15) is 14.7 Å². The third-order valence-corrected chi connectivity index (χ3v) is 4.51. The summed E-state index contributed by atoms with van der Waals surface area (Å²) in [5, 5.41) is 9.83. The zero-order valence-corrected chi connectivity index (χ0v) is 19.7. The molecule has 0 fully saturated rings. The van der Waals surface area contributed by atoms with Gasteiger partial charge in [0.25, 0.3) is 0 Å². The van der Waals surface area contributed by atoms with E-state index in [-0.39, 0.29) is 18.8 Å². The van der Waals surface area contributed by atoms with Crippen molar-refractivity contribution in [3.8, 4) is 22.6 Å². The molecule has 2 atom stereocenters. The fraction of sp³-hybridized carbons (Fsp3) is 0.259. The third-order valence-electron chi connectivity index (χ3n) is 4.51. The van der Waals surface area contributed by atoms with Gasteiger partial charge in [-0.05, 0) is 61.7 Å². The van der Waals surface area contributed by atoms with Gasteiger partial charge in [-0.3, -0.25) is 0 Å². The van der Waals surface area contributed by atoms with Gasteiger partial charge < -0.3 is 24.1 Å². The van der Waals surface area contributed by atoms with Crippen molar-refractivity contribution in [1.29, 1.82) is 0 Å². The molecule has 0 aliphatic carbocycles. The highest BCUT2D eigenvalue weighted by Gasteiger charge is 2.17. The molecule has 2 aromatic carbocycles. The lowest BCUT2D eigenvalue weighted by Gasteiger charge is -2.21. The van der Waals surface area contributed by atoms with Gasteiger partial charge in [0.1, 0.15) is 18.1 Å². The fourth-order valence-electron chi connectivity index (χ4n) is 2.58. The first-order valence-corrected chi connectivity index (χ1v) is 10.6. The molecule has 180 valence electrons. The first-order valence-electron chi connectivity index (χ1n) is 10.6. The lowest BCUT2D eigenvalue weighted by molar-refractivity contribution is -0.145. The summed E-state index contributed by atoms with van der Waals surface area (Å²) in [4.78, 5) is 23.4. The van der Waals surface area contributed by atoms with Crippen molar-refractivity contribution in [2.24, 2.45) is 0 Å². The molecule has 0 aliphatic rings. The van der Waals surface area contributed by atoms with Crippen molar-refractivity contribution in [2.45, 2.75) is 33.2 Å². The standard InChI is InChI=1S/C27H30O7/c1-17(2)25(28)31-15-24(16-32-26(29)18(3)4)33-22-11-7-20(8-12-22)21-9-13-23(14-10-21)34-27(30)19(5)6/h7-14,24-25,28H,1,3,5,15-16H2,2,4,6H3. The lowest BCUT2D eigenvalue weighted by Crippen LogP contribution is -2.32. The van der Waals surface area contributed by atoms with Gasteiger partial charge in [-0.2, -0.15) is 0 Å². The lowest BCUT2D eigenvalue weighted by atomic mass is 10.1. The van der Waals surface area contributed by atoms with Crippen LogP contribution in [0.15, 0.2) is 85.0 Å². The Balaban J connectivity index is 2.05. The predicted molar refractivity (Wildman–Crippen MR) is 129 cm³/mol. The van der Waals surface area contributed by atoms with E-state index in [0.29, 0.717) is 22.6 Å². The minimum absolute atomic E-state index is 0.0242. The quantitative estimate of drug-likeness (QED) is 0.161. The smallest absolute Gasteiger partial charge is 0.338 e. The number of carbonyl (C=O) groups excluding carboxylic acids is 2. The summed E-state index contributed by atoms with van der Waals surface area (Å²) in [7, 11) is 0. The van der Waals surface area contributed by atoms with Crippen LogP contribution in [-0.2, 0) is 19.1 Å². The maximum atomic E-state index is 11.8. The van der Waals surface area contributed by atoms with Crippen molar-refractivity contribution >= 4 is 11.9 Å². The van der Waals surface area contributed by atoms with Crippen molar-refractivity contribution in [3.63, 3.8) is 0 Å². The number of hydrogen-bond acceptors (Lipinski definition) is 7. The van der Waals surface area contributed by atoms with Crippen LogP contribution >= 0.6 is 0 Å². The Hall–Kier alpha value is -3.68. The van der Waals surface area contributed by atoms with Crippen LogP contribution in [0, 0.1) is 0 Å². The van der Waals surface area contributed by atoms with Crippen LogP contribution in [0.3, 0.4) is 0 Å². The van der Waals surface area contributed by atoms with E-state index in [4.69, 9.17) is 18.9 Å². The molecule has 7 nitrogen and oxygen atoms in total. The fourth-order valence-corrected chi connectivity index (χ4v) is 2.58. The Kier molecular flexibility index (Phi) is 9.79. The van der Waals surface area contributed by atoms with Gasteiger partial charge in [-0.25, -0.2) is 9.59 Å². The summed E-state index contributed by atoms with van der Waals surface area (Å²) >= 11 is 0. The van der Waals surface area contributed by atoms with E-state index in [2.05, 4.69) is 19.7 Å². The summed E-state index contributed by atoms with van der Waals surface area (Å²) in [6.07, 6.45) is -1.81. The highest BCUT2D eigenvalue weighted by Crippen LogP contribution is 2.25. The van der Waals surface area contributed by atoms with E-state index in [1.54, 1.807) is 45.0 Å². The molecule has 0 saturated carbocycles. The zero-order valence-electron chi connectivity index (χ0n) is 19.7. The molecule has 0 aliphatic heterocycles. The van der Waals surface area contributed by atoms with Crippen LogP contribution in [0.4, 0.5) is 0 Å². The molecule has 0 amide bonds. The Morgan fingerprint density at radius 2 is 1.29 bits per heavy atom. The maximum absolute atomic E-state index is 11.8. The van der Waals surface area contributed by atoms with Crippen molar-refractivity contribution in [1.82, 2.24) is 0 Å². The Labute approximate surface area is 199 Å². The van der Waals surface area contributed by atoms with Crippen LogP contribution in [-0.4, -0.2) is 42.7 Å². The molecule has 2 rings (SSSR count). The molecule has 0 heterocycles. The number of aliphatic hydroxyl groups is 1. The van der Waals surface area contributed by atoms with Gasteiger partial charge in [0.15, 0.2) is 12.4 Å². The van der Waals surface area contributed by atoms with Gasteiger partial charge in [0.05, 0.1) is 6.61 Å². The summed E-state index contributed by atoms with van der Waals surface area (Å²) in [5.41, 5.74) is 2.88. The Morgan fingerprint density at radius 3 is 1.76 bits per heavy atom. The van der Waals surface area contributed by atoms with Crippen LogP contribution in [0.1, 0.15) is 20.8 Å². The molecular formula is C27H30O7. The Morgan fingerprint density at radius 1 is 0.794 bits per heavy atom. The SMILES string of the molecule is C=C(C)C(=O)OCC(COC(O)C(=C)C)Oc1ccc(-c2ccc(OC(=O)C(=C)C)cc2)cc1. The second-order valence-electron chi connectivity index (χ2n) is 7.87. The van der Waals surface area contributed by atoms with E-state index >= 15 is 0 Å². The van der Waals surface area contributed by atoms with E-state index in [1.807, 2.05) is 24.3 Å². The molecule has 0 radical (unpaired) electrons. The van der Waals surface area contributed by atoms with Gasteiger partial charge >= 0.3 is 11.9 Å². The minimum atomic E-state index is -1.15. The first-order chi connectivity index (χ1) is 16.1. The van der Waals surface area contributed by atoms with E-state index in [0.717, 1.165) is 11.1 Å². The number of esters is 2. The average molecular weight is 467 g/mol. The van der Waals surface area contributed by atoms with Gasteiger partial charge in [0.2, 0.25) is 0 Å². The normalized spacial score (nSPS) is 12.2. The number of hydrogen-bond donors (Lipinski definition) is 1. The molecule has 0 bridgehead atoms. The number of rotatable bonds is 12. The summed E-state index contributed by atoms with van der Waals surface area (Å²) < 4.78 is 21.7. The minimum Gasteiger partial charge on any atom is -0.484 e. The molecule has 2 unspecified atom stereocenters. The van der Waals surface area contributed by atoms with Gasteiger partial charge in [-0.1, -0.05) is 44.0 Å². The predicted octanol–water partition coefficient (Wildman–Crippen LogP) is 4.61. The number of benzene rings is 2. The van der Waals surface area contributed by atoms with Crippen molar-refractivity contribution in [3.05, 3.63) is 85.0 Å². The highest BCUT2D eigenvalue weighted by molar-refractivity contribution is 5.88. The van der Waals surface area contributed by atoms with Gasteiger partial charge in [0, 0.05) is 11.1 Å². The molecule has 0 saturated heterocycles. The van der Waals surface area contributed by atoms with E-state index < -0.39 is 24.3 Å². The van der Waals surface area contributed by atoms with Crippen molar-refractivity contribution in [2.75, 3.05) is 13.2 Å². The second kappa shape index (κ2) is 12.5. The number of ether oxygens (including phenoxy) is 4. The second-order valence-corrected chi connectivity index (χ2v) is 7.87. The monoisotopic (exact) mass is 466 g/mol. The first kappa shape index (κ1) is 26.6. The van der Waals surface area contributed by atoms with Crippen LogP contribution < -0.4 is 9.47 Å². The molecule has 34 heavy (non-hydrogen) atoms. The van der Waals surface area contributed by atoms with Crippen molar-refractivity contribution < 1.29 is 33.6 Å². The molecule has 7 heteroatoms. The van der Waals surface area contributed by atoms with Crippen LogP contribution in [0.25, 0.3) is 11.1 Å². The summed E-state index contributed by atoms with van der Waals surface area (Å²) in [6.45, 7) is 15.4. The van der Waals surface area contributed by atoms with Crippen LogP contribution in [0.2, 0.25) is 0 Å². The third kappa shape index (κ3) is 8.35. The number of carbonyl (C=O) groups is 2. The highest BCUT2D eigenvalue weighted by atomic mass is 16.6. The summed E-state index contributed by atoms with van der Waals surface area (Å²) in [6, 6.07) is 14.4. The molecule has 0 aromatic heterocycles. The molecule has 1 N–H and O–H groups in total. The topological polar surface area (TPSA) is 91.3 Å².